The van der Waals surface area contributed by atoms with Crippen molar-refractivity contribution < 1.29 is 13.3 Å². The lowest BCUT2D eigenvalue weighted by Crippen LogP contribution is -2.18. The molecule has 0 aliphatic rings. The van der Waals surface area contributed by atoms with Crippen LogP contribution in [0.25, 0.3) is 0 Å². The number of sulfonamides is 1. The van der Waals surface area contributed by atoms with E-state index in [0.29, 0.717) is 16.7 Å². The molecule has 0 spiro atoms. The molecule has 9 nitrogen and oxygen atoms in total. The summed E-state index contributed by atoms with van der Waals surface area (Å²) in [5.41, 5.74) is 0.134. The van der Waals surface area contributed by atoms with Crippen LogP contribution in [0, 0.1) is 10.1 Å². The third-order valence-corrected chi connectivity index (χ3v) is 4.60. The number of rotatable bonds is 6. The maximum Gasteiger partial charge on any atom is 0.276 e. The molecular weight excluding hydrogens is 390 g/mol. The molecule has 1 N–H and O–H groups in total. The van der Waals surface area contributed by atoms with Gasteiger partial charge in [-0.3, -0.25) is 14.8 Å². The van der Waals surface area contributed by atoms with Crippen molar-refractivity contribution >= 4 is 37.9 Å². The van der Waals surface area contributed by atoms with Crippen LogP contribution >= 0.6 is 15.9 Å². The molecule has 0 aliphatic carbocycles. The summed E-state index contributed by atoms with van der Waals surface area (Å²) in [6.07, 6.45) is 2.97. The van der Waals surface area contributed by atoms with Crippen molar-refractivity contribution in [1.29, 1.82) is 0 Å². The van der Waals surface area contributed by atoms with Gasteiger partial charge in [-0.2, -0.15) is 23.4 Å². The number of nitrogens with zero attached hydrogens (tertiary/aromatic N) is 4. The van der Waals surface area contributed by atoms with Crippen LogP contribution in [0.3, 0.4) is 0 Å². The minimum absolute atomic E-state index is 0.248. The van der Waals surface area contributed by atoms with Gasteiger partial charge in [-0.25, -0.2) is 0 Å². The summed E-state index contributed by atoms with van der Waals surface area (Å²) in [5.74, 6) is 0. The van der Waals surface area contributed by atoms with Crippen LogP contribution in [-0.2, 0) is 16.6 Å². The Morgan fingerprint density at radius 2 is 2.26 bits per heavy atom. The zero-order valence-electron chi connectivity index (χ0n) is 11.9. The minimum Gasteiger partial charge on any atom is -0.271 e. The Morgan fingerprint density at radius 1 is 1.52 bits per heavy atom. The number of nitrogens with one attached hydrogen (secondary N) is 1. The molecule has 1 aromatic carbocycles. The molecule has 0 fully saturated rings. The van der Waals surface area contributed by atoms with Crippen molar-refractivity contribution in [2.24, 2.45) is 5.10 Å². The fraction of sp³-hybridized carbons (Fsp3) is 0.167. The molecule has 2 aromatic rings. The molecule has 0 aliphatic heterocycles. The summed E-state index contributed by atoms with van der Waals surface area (Å²) in [7, 11) is -4.00. The topological polar surface area (TPSA) is 119 Å². The molecule has 0 amide bonds. The number of hydrogen-bond donors (Lipinski definition) is 1. The quantitative estimate of drug-likeness (QED) is 0.450. The van der Waals surface area contributed by atoms with Gasteiger partial charge in [0.2, 0.25) is 0 Å². The molecular formula is C12H12BrN5O4S. The smallest absolute Gasteiger partial charge is 0.271 e. The molecule has 0 radical (unpaired) electrons. The fourth-order valence-corrected chi connectivity index (χ4v) is 2.88. The second-order valence-corrected chi connectivity index (χ2v) is 6.84. The number of hydrogen-bond acceptors (Lipinski definition) is 6. The molecule has 122 valence electrons. The minimum atomic E-state index is -4.00. The number of halogens is 1. The van der Waals surface area contributed by atoms with Crippen molar-refractivity contribution in [2.45, 2.75) is 18.4 Å². The highest BCUT2D eigenvalue weighted by molar-refractivity contribution is 9.10. The Morgan fingerprint density at radius 3 is 2.87 bits per heavy atom. The second kappa shape index (κ2) is 6.87. The molecule has 0 atom stereocenters. The number of hydrazone groups is 1. The Kier molecular flexibility index (Phi) is 5.11. The number of benzene rings is 1. The first-order valence-corrected chi connectivity index (χ1v) is 8.63. The van der Waals surface area contributed by atoms with Crippen molar-refractivity contribution in [3.05, 3.63) is 50.7 Å². The van der Waals surface area contributed by atoms with Gasteiger partial charge in [0, 0.05) is 24.9 Å². The highest BCUT2D eigenvalue weighted by atomic mass is 79.9. The Bertz CT molecular complexity index is 862. The summed E-state index contributed by atoms with van der Waals surface area (Å²) < 4.78 is 26.4. The van der Waals surface area contributed by atoms with E-state index >= 15 is 0 Å². The van der Waals surface area contributed by atoms with Gasteiger partial charge in [0.25, 0.3) is 15.7 Å². The molecule has 2 rings (SSSR count). The summed E-state index contributed by atoms with van der Waals surface area (Å²) in [4.78, 5) is 11.8. The zero-order valence-corrected chi connectivity index (χ0v) is 14.3. The molecule has 1 heterocycles. The third-order valence-electron chi connectivity index (χ3n) is 2.77. The van der Waals surface area contributed by atoms with Crippen molar-refractivity contribution in [3.8, 4) is 0 Å². The van der Waals surface area contributed by atoms with Crippen molar-refractivity contribution in [3.63, 3.8) is 0 Å². The highest BCUT2D eigenvalue weighted by Gasteiger charge is 2.16. The number of nitro groups is 1. The van der Waals surface area contributed by atoms with Crippen LogP contribution in [0.15, 0.2) is 44.9 Å². The number of aromatic nitrogens is 2. The normalized spacial score (nSPS) is 11.7. The van der Waals surface area contributed by atoms with Crippen molar-refractivity contribution in [1.82, 2.24) is 14.6 Å². The molecule has 0 saturated carbocycles. The predicted molar refractivity (Wildman–Crippen MR) is 86.6 cm³/mol. The van der Waals surface area contributed by atoms with Crippen LogP contribution in [0.5, 0.6) is 0 Å². The molecule has 0 bridgehead atoms. The average molecular weight is 402 g/mol. The van der Waals surface area contributed by atoms with Crippen LogP contribution in [0.2, 0.25) is 0 Å². The Balaban J connectivity index is 2.18. The summed E-state index contributed by atoms with van der Waals surface area (Å²) >= 11 is 3.28. The lowest BCUT2D eigenvalue weighted by Gasteiger charge is -2.02. The molecule has 0 unspecified atom stereocenters. The maximum absolute atomic E-state index is 12.1. The van der Waals surface area contributed by atoms with E-state index in [9.17, 15) is 18.5 Å². The van der Waals surface area contributed by atoms with Gasteiger partial charge in [-0.15, -0.1) is 0 Å². The van der Waals surface area contributed by atoms with E-state index in [0.717, 1.165) is 6.07 Å². The first-order chi connectivity index (χ1) is 10.8. The van der Waals surface area contributed by atoms with Gasteiger partial charge in [0.05, 0.1) is 20.5 Å². The zero-order chi connectivity index (χ0) is 17.0. The van der Waals surface area contributed by atoms with E-state index in [4.69, 9.17) is 0 Å². The van der Waals surface area contributed by atoms with Gasteiger partial charge in [-0.05, 0) is 28.9 Å². The van der Waals surface area contributed by atoms with E-state index in [1.807, 2.05) is 11.8 Å². The summed E-state index contributed by atoms with van der Waals surface area (Å²) in [5, 5.41) is 18.5. The van der Waals surface area contributed by atoms with E-state index in [1.54, 1.807) is 10.9 Å². The van der Waals surface area contributed by atoms with Gasteiger partial charge < -0.3 is 0 Å². The first kappa shape index (κ1) is 17.1. The maximum atomic E-state index is 12.1. The molecule has 1 aromatic heterocycles. The summed E-state index contributed by atoms with van der Waals surface area (Å²) in [6, 6.07) is 4.69. The number of non-ortho nitro benzene ring substituents is 1. The van der Waals surface area contributed by atoms with E-state index < -0.39 is 14.9 Å². The Labute approximate surface area is 140 Å². The number of nitro benzene ring substituents is 1. The predicted octanol–water partition coefficient (Wildman–Crippen LogP) is 1.89. The van der Waals surface area contributed by atoms with Crippen molar-refractivity contribution in [2.75, 3.05) is 0 Å². The average Bonchev–Trinajstić information content (AvgIpc) is 2.88. The van der Waals surface area contributed by atoms with E-state index in [-0.39, 0.29) is 10.6 Å². The summed E-state index contributed by atoms with van der Waals surface area (Å²) in [6.45, 7) is 2.57. The van der Waals surface area contributed by atoms with Crippen LogP contribution in [0.1, 0.15) is 12.6 Å². The molecule has 11 heteroatoms. The Hall–Kier alpha value is -2.27. The van der Waals surface area contributed by atoms with Gasteiger partial charge in [-0.1, -0.05) is 6.07 Å². The van der Waals surface area contributed by atoms with Crippen LogP contribution in [0.4, 0.5) is 5.69 Å². The lowest BCUT2D eigenvalue weighted by atomic mass is 10.3. The SMILES string of the molecule is CCn1cc(Br)c(/C=N\NS(=O)(=O)c2cccc([N+](=O)[O-])c2)n1. The lowest BCUT2D eigenvalue weighted by molar-refractivity contribution is -0.385. The van der Waals surface area contributed by atoms with Gasteiger partial charge in [0.15, 0.2) is 0 Å². The van der Waals surface area contributed by atoms with E-state index in [1.165, 1.54) is 24.4 Å². The van der Waals surface area contributed by atoms with Gasteiger partial charge in [0.1, 0.15) is 5.69 Å². The first-order valence-electron chi connectivity index (χ1n) is 6.35. The fourth-order valence-electron chi connectivity index (χ4n) is 1.64. The monoisotopic (exact) mass is 401 g/mol. The van der Waals surface area contributed by atoms with Crippen LogP contribution in [-0.4, -0.2) is 29.3 Å². The molecule has 0 saturated heterocycles. The standard InChI is InChI=1S/C12H12BrN5O4S/c1-2-17-8-11(13)12(15-17)7-14-16-23(21,22)10-5-3-4-9(6-10)18(19)20/h3-8,16H,2H2,1H3/b14-7-. The second-order valence-electron chi connectivity index (χ2n) is 4.33. The number of aryl methyl sites for hydroxylation is 1. The largest absolute Gasteiger partial charge is 0.276 e. The van der Waals surface area contributed by atoms with Crippen LogP contribution < -0.4 is 4.83 Å². The third kappa shape index (κ3) is 4.13. The van der Waals surface area contributed by atoms with E-state index in [2.05, 4.69) is 26.1 Å². The highest BCUT2D eigenvalue weighted by Crippen LogP contribution is 2.17. The van der Waals surface area contributed by atoms with Gasteiger partial charge >= 0.3 is 0 Å². The molecule has 23 heavy (non-hydrogen) atoms.